The molecule has 126 valence electrons. The Morgan fingerprint density at radius 2 is 2.13 bits per heavy atom. The minimum absolute atomic E-state index is 0.0229. The topological polar surface area (TPSA) is 49.3 Å². The van der Waals surface area contributed by atoms with E-state index in [1.54, 1.807) is 11.8 Å². The Kier molecular flexibility index (Phi) is 5.41. The molecule has 1 aliphatic rings. The highest BCUT2D eigenvalue weighted by Crippen LogP contribution is 2.34. The smallest absolute Gasteiger partial charge is 0.387 e. The zero-order chi connectivity index (χ0) is 17.1. The van der Waals surface area contributed by atoms with Gasteiger partial charge in [-0.2, -0.15) is 24.9 Å². The van der Waals surface area contributed by atoms with Gasteiger partial charge in [0.15, 0.2) is 0 Å². The number of hydrogen-bond acceptors (Lipinski definition) is 3. The average molecular weight is 345 g/mol. The molecule has 0 saturated carbocycles. The molecule has 0 aliphatic carbocycles. The van der Waals surface area contributed by atoms with Crippen LogP contribution in [0.5, 0.6) is 0 Å². The van der Waals surface area contributed by atoms with E-state index < -0.39 is 23.2 Å². The van der Waals surface area contributed by atoms with Crippen LogP contribution in [0.25, 0.3) is 5.57 Å². The summed E-state index contributed by atoms with van der Waals surface area (Å²) in [5, 5.41) is 12.7. The summed E-state index contributed by atoms with van der Waals surface area (Å²) in [6.07, 6.45) is -2.74. The summed E-state index contributed by atoms with van der Waals surface area (Å²) in [5.41, 5.74) is -1.49. The van der Waals surface area contributed by atoms with E-state index in [0.717, 1.165) is 17.9 Å². The molecule has 3 nitrogen and oxygen atoms in total. The van der Waals surface area contributed by atoms with Crippen LogP contribution >= 0.6 is 11.8 Å². The van der Waals surface area contributed by atoms with Crippen LogP contribution in [0.1, 0.15) is 24.5 Å². The van der Waals surface area contributed by atoms with Crippen LogP contribution in [0.3, 0.4) is 0 Å². The van der Waals surface area contributed by atoms with Crippen molar-refractivity contribution in [2.75, 3.05) is 18.1 Å². The van der Waals surface area contributed by atoms with E-state index in [1.165, 1.54) is 25.1 Å². The van der Waals surface area contributed by atoms with E-state index >= 15 is 0 Å². The lowest BCUT2D eigenvalue weighted by atomic mass is 10.00. The van der Waals surface area contributed by atoms with Crippen molar-refractivity contribution in [3.8, 4) is 0 Å². The molecule has 2 rings (SSSR count). The molecule has 7 heteroatoms. The molecule has 0 bridgehead atoms. The number of rotatable bonds is 4. The summed E-state index contributed by atoms with van der Waals surface area (Å²) in [4.78, 5) is 11.9. The lowest BCUT2D eigenvalue weighted by Crippen LogP contribution is -2.42. The summed E-state index contributed by atoms with van der Waals surface area (Å²) < 4.78 is 39.0. The molecule has 1 atom stereocenters. The van der Waals surface area contributed by atoms with Gasteiger partial charge in [0, 0.05) is 18.4 Å². The maximum Gasteiger partial charge on any atom is 0.416 e. The van der Waals surface area contributed by atoms with Gasteiger partial charge in [-0.1, -0.05) is 18.2 Å². The average Bonchev–Trinajstić information content (AvgIpc) is 2.92. The molecule has 23 heavy (non-hydrogen) atoms. The highest BCUT2D eigenvalue weighted by Gasteiger charge is 2.34. The summed E-state index contributed by atoms with van der Waals surface area (Å²) in [7, 11) is 0. The predicted molar refractivity (Wildman–Crippen MR) is 85.0 cm³/mol. The van der Waals surface area contributed by atoms with Crippen molar-refractivity contribution in [3.05, 3.63) is 41.5 Å². The van der Waals surface area contributed by atoms with Gasteiger partial charge < -0.3 is 10.4 Å². The van der Waals surface area contributed by atoms with Gasteiger partial charge in [-0.25, -0.2) is 0 Å². The fourth-order valence-electron chi connectivity index (χ4n) is 2.39. The van der Waals surface area contributed by atoms with Crippen molar-refractivity contribution in [3.63, 3.8) is 0 Å². The molecular weight excluding hydrogens is 327 g/mol. The third-order valence-electron chi connectivity index (χ3n) is 3.68. The van der Waals surface area contributed by atoms with Gasteiger partial charge in [0.05, 0.1) is 11.2 Å². The van der Waals surface area contributed by atoms with Crippen molar-refractivity contribution in [2.45, 2.75) is 25.1 Å². The van der Waals surface area contributed by atoms with Gasteiger partial charge in [-0.05, 0) is 36.3 Å². The highest BCUT2D eigenvalue weighted by atomic mass is 32.2. The number of hydrogen-bond donors (Lipinski definition) is 2. The quantitative estimate of drug-likeness (QED) is 0.825. The number of allylic oxidation sites excluding steroid dienone is 1. The number of alkyl halides is 3. The molecule has 1 unspecified atom stereocenters. The predicted octanol–water partition coefficient (Wildman–Crippen LogP) is 3.09. The lowest BCUT2D eigenvalue weighted by molar-refractivity contribution is -0.137. The SMILES string of the molecule is CC(=CC(=O)NCC1(O)CCSC1)c1ccccc1C(F)(F)F. The van der Waals surface area contributed by atoms with Crippen molar-refractivity contribution in [1.29, 1.82) is 0 Å². The summed E-state index contributed by atoms with van der Waals surface area (Å²) >= 11 is 1.61. The first-order valence-electron chi connectivity index (χ1n) is 7.14. The Hall–Kier alpha value is -1.47. The molecule has 1 fully saturated rings. The summed E-state index contributed by atoms with van der Waals surface area (Å²) in [5.74, 6) is 0.873. The van der Waals surface area contributed by atoms with Gasteiger partial charge in [0.1, 0.15) is 0 Å². The molecular formula is C16H18F3NO2S. The zero-order valence-electron chi connectivity index (χ0n) is 12.6. The van der Waals surface area contributed by atoms with E-state index in [0.29, 0.717) is 12.2 Å². The summed E-state index contributed by atoms with van der Waals surface area (Å²) in [6, 6.07) is 5.14. The number of thioether (sulfide) groups is 1. The second-order valence-electron chi connectivity index (χ2n) is 5.62. The molecule has 1 saturated heterocycles. The minimum atomic E-state index is -4.47. The van der Waals surface area contributed by atoms with E-state index in [2.05, 4.69) is 5.32 Å². The van der Waals surface area contributed by atoms with Crippen molar-refractivity contribution in [2.24, 2.45) is 0 Å². The highest BCUT2D eigenvalue weighted by molar-refractivity contribution is 7.99. The van der Waals surface area contributed by atoms with Gasteiger partial charge in [-0.15, -0.1) is 0 Å². The van der Waals surface area contributed by atoms with Crippen LogP contribution in [-0.2, 0) is 11.0 Å². The van der Waals surface area contributed by atoms with Crippen molar-refractivity contribution in [1.82, 2.24) is 5.32 Å². The minimum Gasteiger partial charge on any atom is -0.387 e. The first kappa shape index (κ1) is 17.9. The van der Waals surface area contributed by atoms with Crippen LogP contribution in [0.2, 0.25) is 0 Å². The van der Waals surface area contributed by atoms with Crippen LogP contribution in [-0.4, -0.2) is 34.7 Å². The van der Waals surface area contributed by atoms with E-state index in [4.69, 9.17) is 0 Å². The van der Waals surface area contributed by atoms with Gasteiger partial charge in [0.2, 0.25) is 5.91 Å². The number of carbonyl (C=O) groups is 1. The Morgan fingerprint density at radius 1 is 1.43 bits per heavy atom. The zero-order valence-corrected chi connectivity index (χ0v) is 13.4. The fraction of sp³-hybridized carbons (Fsp3) is 0.438. The number of amides is 1. The monoisotopic (exact) mass is 345 g/mol. The standard InChI is InChI=1S/C16H18F3NO2S/c1-11(12-4-2-3-5-13(12)16(17,18)19)8-14(21)20-9-15(22)6-7-23-10-15/h2-5,8,22H,6-7,9-10H2,1H3,(H,20,21). The largest absolute Gasteiger partial charge is 0.416 e. The molecule has 1 heterocycles. The molecule has 1 amide bonds. The number of halogens is 3. The van der Waals surface area contributed by atoms with Gasteiger partial charge >= 0.3 is 6.18 Å². The Labute approximate surface area is 137 Å². The molecule has 0 aromatic heterocycles. The van der Waals surface area contributed by atoms with Crippen LogP contribution in [0.15, 0.2) is 30.3 Å². The normalized spacial score (nSPS) is 22.2. The lowest BCUT2D eigenvalue weighted by Gasteiger charge is -2.21. The van der Waals surface area contributed by atoms with Crippen LogP contribution < -0.4 is 5.32 Å². The second kappa shape index (κ2) is 6.97. The Bertz CT molecular complexity index is 608. The second-order valence-corrected chi connectivity index (χ2v) is 6.72. The molecule has 0 spiro atoms. The molecule has 1 aliphatic heterocycles. The van der Waals surface area contributed by atoms with Gasteiger partial charge in [0.25, 0.3) is 0 Å². The first-order chi connectivity index (χ1) is 10.7. The number of nitrogens with one attached hydrogen (secondary N) is 1. The molecule has 1 aromatic carbocycles. The molecule has 2 N–H and O–H groups in total. The number of carbonyl (C=O) groups excluding carboxylic acids is 1. The van der Waals surface area contributed by atoms with Crippen LogP contribution in [0.4, 0.5) is 13.2 Å². The Morgan fingerprint density at radius 3 is 2.74 bits per heavy atom. The van der Waals surface area contributed by atoms with E-state index in [-0.39, 0.29) is 17.7 Å². The number of benzene rings is 1. The Balaban J connectivity index is 2.09. The molecule has 0 radical (unpaired) electrons. The maximum atomic E-state index is 13.0. The van der Waals surface area contributed by atoms with Crippen molar-refractivity contribution >= 4 is 23.2 Å². The fourth-order valence-corrected chi connectivity index (χ4v) is 3.68. The first-order valence-corrected chi connectivity index (χ1v) is 8.30. The van der Waals surface area contributed by atoms with Gasteiger partial charge in [-0.3, -0.25) is 4.79 Å². The van der Waals surface area contributed by atoms with E-state index in [9.17, 15) is 23.1 Å². The summed E-state index contributed by atoms with van der Waals surface area (Å²) in [6.45, 7) is 1.56. The third-order valence-corrected chi connectivity index (χ3v) is 4.91. The maximum absolute atomic E-state index is 13.0. The third kappa shape index (κ3) is 4.75. The van der Waals surface area contributed by atoms with E-state index in [1.807, 2.05) is 0 Å². The van der Waals surface area contributed by atoms with Crippen LogP contribution in [0, 0.1) is 0 Å². The number of aliphatic hydroxyl groups is 1. The van der Waals surface area contributed by atoms with Crippen molar-refractivity contribution < 1.29 is 23.1 Å². The molecule has 1 aromatic rings.